The zero-order valence-electron chi connectivity index (χ0n) is 18.1. The molecule has 5 fully saturated rings. The van der Waals surface area contributed by atoms with Crippen LogP contribution in [0.1, 0.15) is 84.5 Å². The van der Waals surface area contributed by atoms with Crippen LogP contribution in [0.5, 0.6) is 0 Å². The van der Waals surface area contributed by atoms with Gasteiger partial charge in [0.25, 0.3) is 0 Å². The lowest BCUT2D eigenvalue weighted by Gasteiger charge is -2.35. The Bertz CT molecular complexity index is 554. The monoisotopic (exact) mass is 410 g/mol. The average Bonchev–Trinajstić information content (AvgIpc) is 3.35. The standard InChI is InChI=1S/C23H38O6/c1-16(2)9-14-24-19-18(17-15-25-22(27-17)10-5-3-6-11-22)26-21-20(19)28-23(29-21)12-7-4-8-13-23/h16-21H,3-15H2,1-2H3/t17-,18-,19+,20-,21-/m1/s1. The van der Waals surface area contributed by atoms with E-state index in [1.54, 1.807) is 0 Å². The van der Waals surface area contributed by atoms with E-state index in [2.05, 4.69) is 13.8 Å². The first-order chi connectivity index (χ1) is 14.1. The largest absolute Gasteiger partial charge is 0.372 e. The number of rotatable bonds is 5. The molecule has 0 amide bonds. The molecule has 0 bridgehead atoms. The maximum Gasteiger partial charge on any atom is 0.190 e. The van der Waals surface area contributed by atoms with Crippen molar-refractivity contribution in [1.29, 1.82) is 0 Å². The van der Waals surface area contributed by atoms with Crippen LogP contribution in [0.3, 0.4) is 0 Å². The Kier molecular flexibility index (Phi) is 5.95. The summed E-state index contributed by atoms with van der Waals surface area (Å²) >= 11 is 0. The van der Waals surface area contributed by atoms with Crippen molar-refractivity contribution in [2.75, 3.05) is 13.2 Å². The third-order valence-electron chi connectivity index (χ3n) is 7.37. The molecule has 5 aliphatic rings. The molecular formula is C23H38O6. The summed E-state index contributed by atoms with van der Waals surface area (Å²) in [6.45, 7) is 5.73. The maximum atomic E-state index is 6.54. The highest BCUT2D eigenvalue weighted by molar-refractivity contribution is 5.01. The molecule has 0 aromatic rings. The molecule has 3 saturated heterocycles. The SMILES string of the molecule is CC(C)CCO[C@@H]1[C@H]2OC3(CCCCC3)O[C@H]2O[C@@H]1[C@H]1COC2(CCCCC2)O1. The lowest BCUT2D eigenvalue weighted by Crippen LogP contribution is -2.46. The van der Waals surface area contributed by atoms with Crippen LogP contribution in [0.2, 0.25) is 0 Å². The second-order valence-electron chi connectivity index (χ2n) is 10.1. The molecule has 0 aromatic heterocycles. The van der Waals surface area contributed by atoms with Gasteiger partial charge < -0.3 is 28.4 Å². The first-order valence-electron chi connectivity index (χ1n) is 12.0. The topological polar surface area (TPSA) is 55.4 Å². The summed E-state index contributed by atoms with van der Waals surface area (Å²) in [4.78, 5) is 0. The molecule has 29 heavy (non-hydrogen) atoms. The van der Waals surface area contributed by atoms with Crippen molar-refractivity contribution in [2.45, 2.75) is 127 Å². The van der Waals surface area contributed by atoms with E-state index >= 15 is 0 Å². The van der Waals surface area contributed by atoms with Crippen molar-refractivity contribution in [3.8, 4) is 0 Å². The van der Waals surface area contributed by atoms with Crippen LogP contribution < -0.4 is 0 Å². The highest BCUT2D eigenvalue weighted by Gasteiger charge is 2.61. The Morgan fingerprint density at radius 3 is 2.21 bits per heavy atom. The summed E-state index contributed by atoms with van der Waals surface area (Å²) in [5.74, 6) is -0.261. The average molecular weight is 411 g/mol. The Balaban J connectivity index is 1.28. The lowest BCUT2D eigenvalue weighted by atomic mass is 9.94. The Labute approximate surface area is 174 Å². The van der Waals surface area contributed by atoms with E-state index in [4.69, 9.17) is 28.4 Å². The first kappa shape index (κ1) is 20.7. The van der Waals surface area contributed by atoms with Crippen LogP contribution in [0.25, 0.3) is 0 Å². The van der Waals surface area contributed by atoms with Gasteiger partial charge in [-0.05, 0) is 38.0 Å². The molecule has 5 rings (SSSR count). The van der Waals surface area contributed by atoms with Gasteiger partial charge in [0.15, 0.2) is 17.9 Å². The van der Waals surface area contributed by atoms with Gasteiger partial charge in [-0.1, -0.05) is 26.7 Å². The molecule has 3 aliphatic heterocycles. The molecule has 2 spiro atoms. The fourth-order valence-corrected chi connectivity index (χ4v) is 5.70. The molecule has 2 saturated carbocycles. The van der Waals surface area contributed by atoms with Crippen molar-refractivity contribution in [3.05, 3.63) is 0 Å². The summed E-state index contributed by atoms with van der Waals surface area (Å²) in [6, 6.07) is 0. The summed E-state index contributed by atoms with van der Waals surface area (Å²) in [5, 5.41) is 0. The predicted octanol–water partition coefficient (Wildman–Crippen LogP) is 4.29. The van der Waals surface area contributed by atoms with Crippen LogP contribution in [-0.4, -0.2) is 55.5 Å². The van der Waals surface area contributed by atoms with Crippen molar-refractivity contribution in [2.24, 2.45) is 5.92 Å². The second kappa shape index (κ2) is 8.36. The van der Waals surface area contributed by atoms with E-state index in [0.29, 0.717) is 19.1 Å². The normalized spacial score (nSPS) is 40.9. The third kappa shape index (κ3) is 4.13. The fourth-order valence-electron chi connectivity index (χ4n) is 5.70. The smallest absolute Gasteiger partial charge is 0.190 e. The Morgan fingerprint density at radius 1 is 0.828 bits per heavy atom. The van der Waals surface area contributed by atoms with E-state index in [1.165, 1.54) is 25.7 Å². The molecule has 6 nitrogen and oxygen atoms in total. The van der Waals surface area contributed by atoms with Gasteiger partial charge >= 0.3 is 0 Å². The van der Waals surface area contributed by atoms with Crippen LogP contribution in [0, 0.1) is 5.92 Å². The predicted molar refractivity (Wildman–Crippen MR) is 106 cm³/mol. The van der Waals surface area contributed by atoms with Crippen molar-refractivity contribution >= 4 is 0 Å². The molecule has 0 radical (unpaired) electrons. The zero-order valence-corrected chi connectivity index (χ0v) is 18.1. The van der Waals surface area contributed by atoms with Gasteiger partial charge in [0.05, 0.1) is 6.61 Å². The number of ether oxygens (including phenoxy) is 6. The first-order valence-corrected chi connectivity index (χ1v) is 12.0. The number of hydrogen-bond acceptors (Lipinski definition) is 6. The molecule has 166 valence electrons. The van der Waals surface area contributed by atoms with Gasteiger partial charge in [0, 0.05) is 32.3 Å². The van der Waals surface area contributed by atoms with Gasteiger partial charge in [0.2, 0.25) is 0 Å². The van der Waals surface area contributed by atoms with Crippen LogP contribution in [-0.2, 0) is 28.4 Å². The van der Waals surface area contributed by atoms with E-state index in [9.17, 15) is 0 Å². The molecule has 0 N–H and O–H groups in total. The van der Waals surface area contributed by atoms with Crippen LogP contribution >= 0.6 is 0 Å². The van der Waals surface area contributed by atoms with Crippen molar-refractivity contribution in [1.82, 2.24) is 0 Å². The van der Waals surface area contributed by atoms with E-state index in [0.717, 1.165) is 44.9 Å². The molecule has 6 heteroatoms. The highest BCUT2D eigenvalue weighted by Crippen LogP contribution is 2.48. The summed E-state index contributed by atoms with van der Waals surface area (Å²) in [5.41, 5.74) is 0. The van der Waals surface area contributed by atoms with Gasteiger partial charge in [-0.25, -0.2) is 0 Å². The molecule has 0 unspecified atom stereocenters. The van der Waals surface area contributed by atoms with E-state index in [1.807, 2.05) is 0 Å². The maximum absolute atomic E-state index is 6.54. The summed E-state index contributed by atoms with van der Waals surface area (Å²) in [7, 11) is 0. The van der Waals surface area contributed by atoms with Crippen molar-refractivity contribution in [3.63, 3.8) is 0 Å². The zero-order chi connectivity index (χ0) is 19.9. The quantitative estimate of drug-likeness (QED) is 0.674. The van der Waals surface area contributed by atoms with E-state index in [-0.39, 0.29) is 30.7 Å². The van der Waals surface area contributed by atoms with Gasteiger partial charge in [0.1, 0.15) is 24.4 Å². The van der Waals surface area contributed by atoms with Crippen LogP contribution in [0.4, 0.5) is 0 Å². The van der Waals surface area contributed by atoms with Gasteiger partial charge in [-0.15, -0.1) is 0 Å². The van der Waals surface area contributed by atoms with Crippen LogP contribution in [0.15, 0.2) is 0 Å². The fraction of sp³-hybridized carbons (Fsp3) is 1.00. The second-order valence-corrected chi connectivity index (χ2v) is 10.1. The molecule has 0 aromatic carbocycles. The minimum absolute atomic E-state index is 0.114. The molecular weight excluding hydrogens is 372 g/mol. The Morgan fingerprint density at radius 2 is 1.52 bits per heavy atom. The summed E-state index contributed by atoms with van der Waals surface area (Å²) in [6.07, 6.45) is 11.1. The minimum atomic E-state index is -0.462. The van der Waals surface area contributed by atoms with Gasteiger partial charge in [-0.3, -0.25) is 0 Å². The van der Waals surface area contributed by atoms with Crippen molar-refractivity contribution < 1.29 is 28.4 Å². The molecule has 2 aliphatic carbocycles. The minimum Gasteiger partial charge on any atom is -0.372 e. The highest BCUT2D eigenvalue weighted by atomic mass is 16.9. The molecule has 5 atom stereocenters. The van der Waals surface area contributed by atoms with E-state index < -0.39 is 11.6 Å². The number of hydrogen-bond donors (Lipinski definition) is 0. The number of fused-ring (bicyclic) bond motifs is 1. The third-order valence-corrected chi connectivity index (χ3v) is 7.37. The van der Waals surface area contributed by atoms with Gasteiger partial charge in [-0.2, -0.15) is 0 Å². The lowest BCUT2D eigenvalue weighted by molar-refractivity contribution is -0.262. The Hall–Kier alpha value is -0.240. The molecule has 3 heterocycles. The summed E-state index contributed by atoms with van der Waals surface area (Å²) < 4.78 is 38.4.